The number of pyridine rings is 3. The van der Waals surface area contributed by atoms with Crippen molar-refractivity contribution < 1.29 is 91.7 Å². The number of nitrogens with one attached hydrogen (secondary N) is 1. The third kappa shape index (κ3) is 18.6. The Kier molecular flexibility index (Phi) is 27.3. The van der Waals surface area contributed by atoms with Crippen molar-refractivity contribution in [3.05, 3.63) is 295 Å². The van der Waals surface area contributed by atoms with Crippen LogP contribution < -0.4 is 53.7 Å². The fourth-order valence-corrected chi connectivity index (χ4v) is 17.6. The average Bonchev–Trinajstić information content (AvgIpc) is 1.67. The number of methoxy groups -OCH3 is 5. The van der Waals surface area contributed by atoms with Crippen LogP contribution in [-0.4, -0.2) is 89.5 Å². The average molecular weight is 1870 g/mol. The van der Waals surface area contributed by atoms with Crippen molar-refractivity contribution in [3.63, 3.8) is 0 Å². The predicted molar refractivity (Wildman–Crippen MR) is 449 cm³/mol. The summed E-state index contributed by atoms with van der Waals surface area (Å²) in [4.78, 5) is 50.6. The minimum absolute atomic E-state index is 0.0367. The molecule has 618 valence electrons. The molecule has 3 aliphatic rings. The number of anilines is 3. The van der Waals surface area contributed by atoms with E-state index in [0.717, 1.165) is 47.1 Å². The number of ether oxygens (including phenoxy) is 5. The van der Waals surface area contributed by atoms with Gasteiger partial charge >= 0.3 is 48.0 Å². The van der Waals surface area contributed by atoms with Gasteiger partial charge in [-0.25, -0.2) is 66.7 Å². The van der Waals surface area contributed by atoms with Gasteiger partial charge in [-0.1, -0.05) is 37.1 Å². The molecule has 3 saturated carbocycles. The Balaban J connectivity index is 0.000000151. The van der Waals surface area contributed by atoms with Gasteiger partial charge in [-0.2, -0.15) is 12.8 Å². The summed E-state index contributed by atoms with van der Waals surface area (Å²) in [5.41, 5.74) is 3.10. The summed E-state index contributed by atoms with van der Waals surface area (Å²) in [5.74, 6) is 1.15. The Morgan fingerprint density at radius 1 is 0.458 bits per heavy atom. The number of halogens is 5. The standard InChI is InChI=1S/C31H28FN3O6S.C27H21BrFN3O6S.C23H20FN3O5S.C4H7.BrH.Zn/c1-39-23-9-6-20(7-10-23)19-34(31-33-14-15-41-31)42(37,38)24-11-12-27-22(16-24)8-13-30(36)35(27)28-18-26(32)25(17-29(28)40-2)21-4-3-5-21;1-36-19-6-3-17(4-7-19)16-31(27-30-11-12-38-27)39(34,35)20-8-9-23-18(13-20)5-10-26(33)32(23)24-15-22(29)21(28)14-25(24)37-2;1-31-21-12-17(14-3-2-4-14)18(24)13-20(21)27-19-7-6-16(11-15(19)5-8-22(27)28)33(29,30)26-23-25-9-10-32-23;1-2-4-3-1;;/h6-18,21H,3-5,19H2,1-2H3;3-15H,16H2,1-2H3;5-14H,2-4H2,1H3,(H,25,26);1H,2-4H2;1H;/q;;;-1;;+2/p-1. The number of aromatic nitrogens is 6. The Hall–Kier alpha value is -11.4. The van der Waals surface area contributed by atoms with E-state index in [0.29, 0.717) is 78.0 Å². The zero-order chi connectivity index (χ0) is 85.2. The number of oxazole rings is 3. The summed E-state index contributed by atoms with van der Waals surface area (Å²) in [6.45, 7) is -0.103. The van der Waals surface area contributed by atoms with Gasteiger partial charge in [0, 0.05) is 52.6 Å². The Labute approximate surface area is 712 Å². The van der Waals surface area contributed by atoms with Crippen LogP contribution >= 0.6 is 29.6 Å². The second-order valence-corrected chi connectivity index (χ2v) is 33.7. The molecule has 1 N–H and O–H groups in total. The van der Waals surface area contributed by atoms with E-state index in [1.165, 1.54) is 223 Å². The topological polar surface area (TPSA) is 311 Å². The number of sulfonamides is 3. The molecule has 0 unspecified atom stereocenters. The molecule has 0 aliphatic heterocycles. The van der Waals surface area contributed by atoms with Gasteiger partial charge in [-0.3, -0.25) is 28.1 Å². The van der Waals surface area contributed by atoms with Gasteiger partial charge in [0.2, 0.25) is 0 Å². The number of rotatable bonds is 23. The van der Waals surface area contributed by atoms with Crippen LogP contribution in [0.3, 0.4) is 0 Å². The molecule has 0 atom stereocenters. The molecule has 14 aromatic rings. The van der Waals surface area contributed by atoms with Gasteiger partial charge < -0.3 is 43.4 Å². The number of nitrogens with zero attached hydrogens (tertiary/aromatic N) is 8. The fraction of sp³-hybridized carbons (Fsp3) is 0.212. The molecule has 8 aromatic carbocycles. The van der Waals surface area contributed by atoms with Gasteiger partial charge in [0.1, 0.15) is 65.0 Å². The number of hydrogen-bond donors (Lipinski definition) is 1. The molecule has 6 aromatic heterocycles. The second-order valence-electron chi connectivity index (χ2n) is 27.5. The molecule has 120 heavy (non-hydrogen) atoms. The van der Waals surface area contributed by atoms with E-state index < -0.39 is 64.2 Å². The summed E-state index contributed by atoms with van der Waals surface area (Å²) >= 11 is 7.37. The Morgan fingerprint density at radius 2 is 0.817 bits per heavy atom. The number of hydrogen-bond acceptors (Lipinski definition) is 20. The molecule has 0 radical (unpaired) electrons. The van der Waals surface area contributed by atoms with E-state index >= 15 is 4.39 Å². The predicted octanol–water partition coefficient (Wildman–Crippen LogP) is 17.5. The fourth-order valence-electron chi connectivity index (χ4n) is 13.5. The Morgan fingerprint density at radius 3 is 1.15 bits per heavy atom. The van der Waals surface area contributed by atoms with Gasteiger partial charge in [0.15, 0.2) is 0 Å². The molecular weight excluding hydrogens is 1800 g/mol. The second kappa shape index (κ2) is 37.9. The first-order valence-corrected chi connectivity index (χ1v) is 49.4. The summed E-state index contributed by atoms with van der Waals surface area (Å²) in [7, 11) is -4.88. The van der Waals surface area contributed by atoms with Crippen LogP contribution in [0.25, 0.3) is 49.8 Å². The quantitative estimate of drug-likeness (QED) is 0.0459. The van der Waals surface area contributed by atoms with E-state index in [1.807, 2.05) is 0 Å². The molecule has 0 bridgehead atoms. The molecule has 0 amide bonds. The summed E-state index contributed by atoms with van der Waals surface area (Å²) in [6, 6.07) is 43.5. The molecule has 3 fully saturated rings. The van der Waals surface area contributed by atoms with Crippen LogP contribution in [0.5, 0.6) is 28.7 Å². The Bertz CT molecular complexity index is 6580. The monoisotopic (exact) mass is 1870 g/mol. The molecule has 26 nitrogen and oxygen atoms in total. The molecule has 35 heteroatoms. The SMILES string of the molecule is COc1cc(C2CCC2)c(F)cc1-n1c(=O)ccc2cc(S(=O)(=O)Nc3ncco3)ccc21.COc1ccc(CN(c2ncco2)S(=O)(=O)c2ccc3c(ccc(=O)n3-c3cc(F)c(Br)cc3OC)c2)cc1.COc1ccc(CN(c2ncco2)S(=O)(=O)c2ccc3c(ccc(=O)n3-c3cc(F)c(C4CCC4)cc3OC)c2)cc1.[CH-]1CCC1.[Zn+][Br]. The third-order valence-corrected chi connectivity index (χ3v) is 25.8. The van der Waals surface area contributed by atoms with Crippen LogP contribution in [0.15, 0.2) is 260 Å². The maximum absolute atomic E-state index is 15.2. The minimum atomic E-state index is -4.17. The van der Waals surface area contributed by atoms with Crippen LogP contribution in [0, 0.1) is 23.9 Å². The third-order valence-electron chi connectivity index (χ3n) is 20.4. The van der Waals surface area contributed by atoms with Crippen molar-refractivity contribution in [2.75, 3.05) is 48.9 Å². The van der Waals surface area contributed by atoms with Crippen molar-refractivity contribution in [1.29, 1.82) is 0 Å². The van der Waals surface area contributed by atoms with Crippen molar-refractivity contribution in [1.82, 2.24) is 28.7 Å². The van der Waals surface area contributed by atoms with Crippen LogP contribution in [-0.2, 0) is 59.5 Å². The number of benzene rings is 8. The van der Waals surface area contributed by atoms with Crippen molar-refractivity contribution >= 4 is 110 Å². The molecule has 6 heterocycles. The van der Waals surface area contributed by atoms with E-state index in [4.69, 9.17) is 36.9 Å². The normalized spacial score (nSPS) is 13.3. The van der Waals surface area contributed by atoms with Gasteiger partial charge in [0.05, 0.1) is 120 Å². The summed E-state index contributed by atoms with van der Waals surface area (Å²) in [6.07, 6.45) is 20.2. The summed E-state index contributed by atoms with van der Waals surface area (Å²) < 4.78 is 177. The van der Waals surface area contributed by atoms with Gasteiger partial charge in [-0.05, 0) is 191 Å². The van der Waals surface area contributed by atoms with Crippen molar-refractivity contribution in [3.8, 4) is 45.8 Å². The van der Waals surface area contributed by atoms with Gasteiger partial charge in [-0.15, -0.1) is 6.42 Å². The molecular formula is C85H76Br2F3N9O17S3Zn. The maximum atomic E-state index is 15.2. The zero-order valence-corrected chi connectivity index (χ0v) is 73.6. The first-order chi connectivity index (χ1) is 57.9. The van der Waals surface area contributed by atoms with Crippen LogP contribution in [0.2, 0.25) is 0 Å². The summed E-state index contributed by atoms with van der Waals surface area (Å²) in [5, 5.41) is 1.35. The van der Waals surface area contributed by atoms with Crippen LogP contribution in [0.1, 0.15) is 91.9 Å². The van der Waals surface area contributed by atoms with Crippen LogP contribution in [0.4, 0.5) is 31.2 Å². The number of fused-ring (bicyclic) bond motifs is 3. The first-order valence-electron chi connectivity index (χ1n) is 37.3. The van der Waals surface area contributed by atoms with E-state index in [1.54, 1.807) is 74.9 Å². The molecule has 0 saturated heterocycles. The molecule has 0 spiro atoms. The first kappa shape index (κ1) is 86.5. The van der Waals surface area contributed by atoms with Gasteiger partial charge in [0.25, 0.3) is 46.7 Å². The molecule has 3 aliphatic carbocycles. The van der Waals surface area contributed by atoms with E-state index in [-0.39, 0.29) is 84.9 Å². The molecule has 17 rings (SSSR count). The zero-order valence-electron chi connectivity index (χ0n) is 65.1. The van der Waals surface area contributed by atoms with Crippen molar-refractivity contribution in [2.24, 2.45) is 0 Å². The van der Waals surface area contributed by atoms with E-state index in [2.05, 4.69) is 55.6 Å². The van der Waals surface area contributed by atoms with Crippen molar-refractivity contribution in [2.45, 2.75) is 97.4 Å². The van der Waals surface area contributed by atoms with E-state index in [9.17, 15) is 48.4 Å².